The Morgan fingerprint density at radius 1 is 0.425 bits per heavy atom. The number of hydrogen-bond donors (Lipinski definition) is 4. The Kier molecular flexibility index (Phi) is 32.1. The maximum absolute atomic E-state index is 15.2. The molecule has 0 aromatic heterocycles. The molecule has 4 N–H and O–H groups in total. The van der Waals surface area contributed by atoms with Gasteiger partial charge in [-0.2, -0.15) is 0 Å². The highest BCUT2D eigenvalue weighted by Crippen LogP contribution is 2.27. The Bertz CT molecular complexity index is 2390. The Hall–Kier alpha value is -5.93. The standard InChI is InChI=1S/C65H116N10O12/c1-27-28-29-42(16)55(77)54-58(80)68-51(39(10)11)63(85)69(20)45(19)60(82)70(21)47(31-36(4)5)57(79)67-52(40(12)13)64(86)71(22)46(30-35(2)3)56(78)66-44(18)50(76)34-43(17)59(81)72(23)48(32-37(6)7)61(83)73(24)49(33-38(8)9)62(84)74(25)53(41(14)15)65(87)75(54)26/h27-28,35-49,51-55,77H,29-34H2,1-26H3,(H,66,78)(H,67,79)(H,68,80)/b28-27+/t42-,43-,44-,45-,46-,47+,48-,49-,51-,52-,53-,54-,55-/m1/s1. The van der Waals surface area contributed by atoms with Crippen LogP contribution in [0.4, 0.5) is 0 Å². The van der Waals surface area contributed by atoms with E-state index in [1.807, 2.05) is 61.5 Å². The van der Waals surface area contributed by atoms with Gasteiger partial charge in [0.25, 0.3) is 0 Å². The third kappa shape index (κ3) is 21.7. The van der Waals surface area contributed by atoms with Gasteiger partial charge in [0.1, 0.15) is 54.4 Å². The van der Waals surface area contributed by atoms with Crippen molar-refractivity contribution in [3.05, 3.63) is 12.2 Å². The van der Waals surface area contributed by atoms with E-state index in [1.54, 1.807) is 68.4 Å². The topological polar surface area (TPSA) is 267 Å². The van der Waals surface area contributed by atoms with E-state index in [1.165, 1.54) is 92.6 Å². The first-order chi connectivity index (χ1) is 40.0. The van der Waals surface area contributed by atoms with Gasteiger partial charge in [0.2, 0.25) is 59.1 Å². The predicted octanol–water partition coefficient (Wildman–Crippen LogP) is 4.99. The van der Waals surface area contributed by atoms with E-state index in [0.717, 1.165) is 4.90 Å². The zero-order valence-corrected chi connectivity index (χ0v) is 58.0. The molecule has 0 unspecified atom stereocenters. The summed E-state index contributed by atoms with van der Waals surface area (Å²) in [6.45, 7) is 33.4. The van der Waals surface area contributed by atoms with E-state index in [4.69, 9.17) is 0 Å². The number of nitrogens with one attached hydrogen (secondary N) is 3. The molecule has 1 aliphatic rings. The van der Waals surface area contributed by atoms with Crippen LogP contribution in [0, 0.1) is 53.3 Å². The summed E-state index contributed by atoms with van der Waals surface area (Å²) >= 11 is 0. The van der Waals surface area contributed by atoms with Crippen molar-refractivity contribution in [2.75, 3.05) is 49.3 Å². The van der Waals surface area contributed by atoms with Crippen molar-refractivity contribution in [1.82, 2.24) is 50.2 Å². The lowest BCUT2D eigenvalue weighted by Crippen LogP contribution is -2.64. The smallest absolute Gasteiger partial charge is 0.246 e. The van der Waals surface area contributed by atoms with Gasteiger partial charge in [0, 0.05) is 61.7 Å². The van der Waals surface area contributed by atoms with Gasteiger partial charge >= 0.3 is 0 Å². The van der Waals surface area contributed by atoms with Crippen LogP contribution in [-0.2, 0) is 52.7 Å². The van der Waals surface area contributed by atoms with Gasteiger partial charge in [0.05, 0.1) is 12.1 Å². The van der Waals surface area contributed by atoms with Crippen molar-refractivity contribution in [3.8, 4) is 0 Å². The molecule has 13 atom stereocenters. The molecule has 0 aromatic rings. The average Bonchev–Trinajstić information content (AvgIpc) is 1.22. The molecule has 1 heterocycles. The quantitative estimate of drug-likeness (QED) is 0.158. The van der Waals surface area contributed by atoms with Crippen LogP contribution in [0.5, 0.6) is 0 Å². The minimum atomic E-state index is -1.62. The fourth-order valence-electron chi connectivity index (χ4n) is 11.3. The normalized spacial score (nSPS) is 27.6. The van der Waals surface area contributed by atoms with Crippen LogP contribution in [-0.4, -0.2) is 220 Å². The third-order valence-electron chi connectivity index (χ3n) is 17.1. The first kappa shape index (κ1) is 79.1. The lowest BCUT2D eigenvalue weighted by atomic mass is 9.91. The lowest BCUT2D eigenvalue weighted by Gasteiger charge is -2.42. The fourth-order valence-corrected chi connectivity index (χ4v) is 11.3. The van der Waals surface area contributed by atoms with Crippen LogP contribution >= 0.6 is 0 Å². The summed E-state index contributed by atoms with van der Waals surface area (Å²) in [6.07, 6.45) is 2.75. The largest absolute Gasteiger partial charge is 0.390 e. The van der Waals surface area contributed by atoms with Gasteiger partial charge in [-0.1, -0.05) is 123 Å². The summed E-state index contributed by atoms with van der Waals surface area (Å²) in [5, 5.41) is 20.7. The molecule has 22 nitrogen and oxygen atoms in total. The number of aliphatic hydroxyl groups is 1. The van der Waals surface area contributed by atoms with Crippen LogP contribution in [0.3, 0.4) is 0 Å². The van der Waals surface area contributed by atoms with E-state index in [9.17, 15) is 38.7 Å². The second-order valence-electron chi connectivity index (χ2n) is 27.6. The molecular formula is C65H116N10O12. The van der Waals surface area contributed by atoms with E-state index < -0.39 is 161 Å². The van der Waals surface area contributed by atoms with E-state index in [0.29, 0.717) is 6.42 Å². The molecule has 0 aliphatic carbocycles. The molecule has 1 saturated heterocycles. The van der Waals surface area contributed by atoms with E-state index in [2.05, 4.69) is 16.0 Å². The minimum Gasteiger partial charge on any atom is -0.390 e. The van der Waals surface area contributed by atoms with Crippen molar-refractivity contribution < 1.29 is 57.8 Å². The van der Waals surface area contributed by atoms with E-state index >= 15 is 19.2 Å². The van der Waals surface area contributed by atoms with Gasteiger partial charge in [-0.15, -0.1) is 0 Å². The number of hydrogen-bond acceptors (Lipinski definition) is 12. The molecule has 87 heavy (non-hydrogen) atoms. The molecule has 0 aromatic carbocycles. The summed E-state index contributed by atoms with van der Waals surface area (Å²) in [4.78, 5) is 171. The molecular weight excluding hydrogens is 1110 g/mol. The van der Waals surface area contributed by atoms with Crippen molar-refractivity contribution >= 4 is 64.9 Å². The third-order valence-corrected chi connectivity index (χ3v) is 17.1. The number of nitrogens with zero attached hydrogens (tertiary/aromatic N) is 7. The Morgan fingerprint density at radius 3 is 1.20 bits per heavy atom. The van der Waals surface area contributed by atoms with Crippen LogP contribution in [0.1, 0.15) is 170 Å². The predicted molar refractivity (Wildman–Crippen MR) is 339 cm³/mol. The summed E-state index contributed by atoms with van der Waals surface area (Å²) in [5.74, 6) is -10.8. The number of carbonyl (C=O) groups is 11. The summed E-state index contributed by atoms with van der Waals surface area (Å²) in [7, 11) is 10.1. The molecule has 1 rings (SSSR count). The number of rotatable bonds is 15. The molecule has 498 valence electrons. The molecule has 1 aliphatic heterocycles. The van der Waals surface area contributed by atoms with Crippen LogP contribution in [0.2, 0.25) is 0 Å². The molecule has 0 saturated carbocycles. The van der Waals surface area contributed by atoms with Gasteiger partial charge in [-0.05, 0) is 100 Å². The molecule has 0 spiro atoms. The summed E-state index contributed by atoms with van der Waals surface area (Å²) in [6, 6.07) is -12.2. The first-order valence-electron chi connectivity index (χ1n) is 31.6. The van der Waals surface area contributed by atoms with Gasteiger partial charge < -0.3 is 55.4 Å². The molecule has 0 radical (unpaired) electrons. The Balaban J connectivity index is 4.42. The molecule has 1 fully saturated rings. The second-order valence-corrected chi connectivity index (χ2v) is 27.6. The van der Waals surface area contributed by atoms with Crippen LogP contribution in [0.15, 0.2) is 12.2 Å². The maximum atomic E-state index is 15.2. The van der Waals surface area contributed by atoms with Gasteiger partial charge in [-0.25, -0.2) is 0 Å². The zero-order chi connectivity index (χ0) is 67.7. The highest BCUT2D eigenvalue weighted by Gasteiger charge is 2.46. The maximum Gasteiger partial charge on any atom is 0.246 e. The fraction of sp³-hybridized carbons (Fsp3) is 0.800. The van der Waals surface area contributed by atoms with E-state index in [-0.39, 0.29) is 55.8 Å². The lowest BCUT2D eigenvalue weighted by molar-refractivity contribution is -0.158. The summed E-state index contributed by atoms with van der Waals surface area (Å²) in [5.41, 5.74) is 0. The SMILES string of the molecule is C/C=C/C[C@@H](C)[C@@H](O)[C@@H]1C(=O)N[C@H](C(C)C)C(=O)N(C)[C@H](C)C(=O)N(C)[C@@H](CC(C)C)C(=O)N[C@H](C(C)C)C(=O)N(C)[C@H](CC(C)C)C(=O)N[C@H](C)C(=O)C[C@@H](C)C(=O)N(C)[C@H](CC(C)C)C(=O)N(C)[C@H](CC(C)C)C(=O)N(C)[C@H](C(C)C)C(=O)N1C. The van der Waals surface area contributed by atoms with Crippen molar-refractivity contribution in [2.45, 2.75) is 237 Å². The first-order valence-corrected chi connectivity index (χ1v) is 31.6. The average molecular weight is 1230 g/mol. The van der Waals surface area contributed by atoms with Crippen molar-refractivity contribution in [2.24, 2.45) is 53.3 Å². The molecule has 10 amide bonds. The number of amides is 10. The minimum absolute atomic E-state index is 0.118. The zero-order valence-electron chi connectivity index (χ0n) is 58.0. The Labute approximate surface area is 522 Å². The number of likely N-dealkylation sites (N-methyl/N-ethyl adjacent to an activating group) is 7. The van der Waals surface area contributed by atoms with Crippen molar-refractivity contribution in [3.63, 3.8) is 0 Å². The second kappa shape index (κ2) is 35.3. The van der Waals surface area contributed by atoms with Crippen LogP contribution in [0.25, 0.3) is 0 Å². The van der Waals surface area contributed by atoms with Crippen molar-refractivity contribution in [1.29, 1.82) is 0 Å². The number of carbonyl (C=O) groups excluding carboxylic acids is 11. The number of allylic oxidation sites excluding steroid dienone is 2. The highest BCUT2D eigenvalue weighted by atomic mass is 16.3. The molecule has 22 heteroatoms. The number of aliphatic hydroxyl groups excluding tert-OH is 1. The van der Waals surface area contributed by atoms with Gasteiger partial charge in [0.15, 0.2) is 5.78 Å². The number of Topliss-reactive ketones (excluding diaryl/α,β-unsaturated/α-hetero) is 1. The number of ketones is 1. The van der Waals surface area contributed by atoms with Gasteiger partial charge in [-0.3, -0.25) is 52.7 Å². The van der Waals surface area contributed by atoms with Crippen LogP contribution < -0.4 is 16.0 Å². The highest BCUT2D eigenvalue weighted by molar-refractivity contribution is 6.00. The molecule has 0 bridgehead atoms. The monoisotopic (exact) mass is 1230 g/mol. The Morgan fingerprint density at radius 2 is 0.782 bits per heavy atom. The summed E-state index contributed by atoms with van der Waals surface area (Å²) < 4.78 is 0.